The molecule has 1 saturated carbocycles. The van der Waals surface area contributed by atoms with Gasteiger partial charge < -0.3 is 9.84 Å². The van der Waals surface area contributed by atoms with Crippen molar-refractivity contribution < 1.29 is 14.2 Å². The van der Waals surface area contributed by atoms with Crippen molar-refractivity contribution in [2.24, 2.45) is 0 Å². The number of fused-ring (bicyclic) bond motifs is 1. The van der Waals surface area contributed by atoms with Crippen LogP contribution in [0.3, 0.4) is 0 Å². The van der Waals surface area contributed by atoms with Gasteiger partial charge in [0.2, 0.25) is 5.78 Å². The second kappa shape index (κ2) is 12.4. The molecule has 0 spiro atoms. The summed E-state index contributed by atoms with van der Waals surface area (Å²) in [5.74, 6) is 0.672. The first-order valence-corrected chi connectivity index (χ1v) is 15.2. The van der Waals surface area contributed by atoms with Gasteiger partial charge in [-0.25, -0.2) is 8.91 Å². The molecule has 0 saturated heterocycles. The Morgan fingerprint density at radius 1 is 1.19 bits per heavy atom. The highest BCUT2D eigenvalue weighted by molar-refractivity contribution is 5.70. The first-order chi connectivity index (χ1) is 20.5. The van der Waals surface area contributed by atoms with Crippen LogP contribution >= 0.6 is 0 Å². The number of rotatable bonds is 9. The summed E-state index contributed by atoms with van der Waals surface area (Å²) >= 11 is 0. The molecule has 0 radical (unpaired) electrons. The SMILES string of the molecule is CCCc1c(Cc2ccc(-c3ccccc3C#N)cc2F)c(=O)n([C@H]2CC[C@H](OC(C)C(C)(C)O)CC2)c2nc(C)nn12. The van der Waals surface area contributed by atoms with Gasteiger partial charge in [-0.2, -0.15) is 15.3 Å². The van der Waals surface area contributed by atoms with E-state index in [1.54, 1.807) is 53.3 Å². The second-order valence-corrected chi connectivity index (χ2v) is 12.2. The van der Waals surface area contributed by atoms with E-state index in [1.807, 2.05) is 26.8 Å². The van der Waals surface area contributed by atoms with Gasteiger partial charge in [0.05, 0.1) is 35.1 Å². The summed E-state index contributed by atoms with van der Waals surface area (Å²) in [6.07, 6.45) is 4.16. The Hall–Kier alpha value is -3.87. The van der Waals surface area contributed by atoms with Crippen molar-refractivity contribution in [2.45, 2.75) is 103 Å². The Bertz CT molecular complexity index is 1720. The van der Waals surface area contributed by atoms with Gasteiger partial charge in [-0.3, -0.25) is 9.36 Å². The van der Waals surface area contributed by atoms with E-state index in [0.717, 1.165) is 37.8 Å². The van der Waals surface area contributed by atoms with Crippen molar-refractivity contribution in [2.75, 3.05) is 0 Å². The van der Waals surface area contributed by atoms with Gasteiger partial charge in [0.1, 0.15) is 11.6 Å². The molecule has 43 heavy (non-hydrogen) atoms. The van der Waals surface area contributed by atoms with E-state index < -0.39 is 11.4 Å². The van der Waals surface area contributed by atoms with Crippen molar-refractivity contribution in [3.8, 4) is 17.2 Å². The standard InChI is InChI=1S/C34H40FN5O3/c1-6-9-31-29(18-24-13-12-23(19-30(24)35)28-11-8-7-10-25(28)20-36)32(41)39(33-37-22(3)38-40(31)33)26-14-16-27(17-15-26)43-21(2)34(4,5)42/h7-8,10-13,19,21,26-27,42H,6,9,14-18H2,1-5H3/t21?,26-,27-. The topological polar surface area (TPSA) is 105 Å². The zero-order chi connectivity index (χ0) is 30.9. The number of ether oxygens (including phenoxy) is 1. The fraction of sp³-hybridized carbons (Fsp3) is 0.471. The van der Waals surface area contributed by atoms with Crippen LogP contribution in [0, 0.1) is 24.1 Å². The number of aryl methyl sites for hydroxylation is 2. The molecular weight excluding hydrogens is 545 g/mol. The summed E-state index contributed by atoms with van der Waals surface area (Å²) < 4.78 is 25.4. The van der Waals surface area contributed by atoms with Gasteiger partial charge in [0.25, 0.3) is 5.56 Å². The molecule has 2 heterocycles. The third-order valence-corrected chi connectivity index (χ3v) is 8.66. The Labute approximate surface area is 251 Å². The first kappa shape index (κ1) is 30.6. The minimum atomic E-state index is -0.935. The number of hydrogen-bond donors (Lipinski definition) is 1. The Kier molecular flexibility index (Phi) is 8.81. The average Bonchev–Trinajstić information content (AvgIpc) is 3.36. The molecule has 0 amide bonds. The minimum absolute atomic E-state index is 0.00149. The van der Waals surface area contributed by atoms with E-state index in [1.165, 1.54) is 6.07 Å². The fourth-order valence-electron chi connectivity index (χ4n) is 6.00. The molecule has 0 aliphatic heterocycles. The first-order valence-electron chi connectivity index (χ1n) is 15.2. The lowest BCUT2D eigenvalue weighted by atomic mass is 9.91. The lowest BCUT2D eigenvalue weighted by Gasteiger charge is -2.35. The summed E-state index contributed by atoms with van der Waals surface area (Å²) in [6.45, 7) is 9.23. The molecule has 0 bridgehead atoms. The molecule has 1 atom stereocenters. The molecule has 226 valence electrons. The van der Waals surface area contributed by atoms with Crippen LogP contribution in [-0.4, -0.2) is 42.1 Å². The van der Waals surface area contributed by atoms with E-state index in [2.05, 4.69) is 16.2 Å². The van der Waals surface area contributed by atoms with Gasteiger partial charge in [-0.1, -0.05) is 43.7 Å². The molecule has 1 unspecified atom stereocenters. The lowest BCUT2D eigenvalue weighted by molar-refractivity contribution is -0.118. The van der Waals surface area contributed by atoms with E-state index >= 15 is 4.39 Å². The van der Waals surface area contributed by atoms with Gasteiger partial charge in [-0.15, -0.1) is 0 Å². The fourth-order valence-corrected chi connectivity index (χ4v) is 6.00. The second-order valence-electron chi connectivity index (χ2n) is 12.2. The molecular formula is C34H40FN5O3. The quantitative estimate of drug-likeness (QED) is 0.255. The predicted octanol–water partition coefficient (Wildman–Crippen LogP) is 6.08. The summed E-state index contributed by atoms with van der Waals surface area (Å²) in [5.41, 5.74) is 2.36. The summed E-state index contributed by atoms with van der Waals surface area (Å²) in [5, 5.41) is 24.5. The number of hydrogen-bond acceptors (Lipinski definition) is 6. The third-order valence-electron chi connectivity index (χ3n) is 8.66. The van der Waals surface area contributed by atoms with Crippen LogP contribution in [-0.2, 0) is 17.6 Å². The Balaban J connectivity index is 1.51. The monoisotopic (exact) mass is 585 g/mol. The van der Waals surface area contributed by atoms with Crippen molar-refractivity contribution >= 4 is 5.78 Å². The van der Waals surface area contributed by atoms with Crippen LogP contribution in [0.2, 0.25) is 0 Å². The average molecular weight is 586 g/mol. The molecule has 2 aromatic heterocycles. The van der Waals surface area contributed by atoms with E-state index in [4.69, 9.17) is 4.74 Å². The van der Waals surface area contributed by atoms with Gasteiger partial charge in [0.15, 0.2) is 0 Å². The summed E-state index contributed by atoms with van der Waals surface area (Å²) in [4.78, 5) is 19.0. The predicted molar refractivity (Wildman–Crippen MR) is 163 cm³/mol. The van der Waals surface area contributed by atoms with Crippen LogP contribution in [0.1, 0.15) is 94.0 Å². The highest BCUT2D eigenvalue weighted by Crippen LogP contribution is 2.33. The molecule has 1 N–H and O–H groups in total. The molecule has 4 aromatic rings. The Morgan fingerprint density at radius 3 is 2.56 bits per heavy atom. The number of halogens is 1. The maximum absolute atomic E-state index is 15.7. The molecule has 8 nitrogen and oxygen atoms in total. The number of aromatic nitrogens is 4. The van der Waals surface area contributed by atoms with Crippen LogP contribution < -0.4 is 5.56 Å². The highest BCUT2D eigenvalue weighted by Gasteiger charge is 2.32. The summed E-state index contributed by atoms with van der Waals surface area (Å²) in [6, 6.07) is 14.2. The van der Waals surface area contributed by atoms with Gasteiger partial charge >= 0.3 is 0 Å². The van der Waals surface area contributed by atoms with Crippen molar-refractivity contribution in [1.29, 1.82) is 5.26 Å². The smallest absolute Gasteiger partial charge is 0.259 e. The zero-order valence-corrected chi connectivity index (χ0v) is 25.6. The van der Waals surface area contributed by atoms with Crippen molar-refractivity contribution in [1.82, 2.24) is 19.2 Å². The maximum Gasteiger partial charge on any atom is 0.259 e. The molecule has 1 fully saturated rings. The maximum atomic E-state index is 15.7. The third kappa shape index (κ3) is 6.27. The van der Waals surface area contributed by atoms with Gasteiger partial charge in [0, 0.05) is 18.0 Å². The zero-order valence-electron chi connectivity index (χ0n) is 25.6. The molecule has 1 aliphatic carbocycles. The number of nitriles is 1. The van der Waals surface area contributed by atoms with Crippen LogP contribution in [0.25, 0.3) is 16.9 Å². The highest BCUT2D eigenvalue weighted by atomic mass is 19.1. The van der Waals surface area contributed by atoms with E-state index in [-0.39, 0.29) is 30.2 Å². The Morgan fingerprint density at radius 2 is 1.91 bits per heavy atom. The number of aliphatic hydroxyl groups is 1. The van der Waals surface area contributed by atoms with Crippen molar-refractivity contribution in [3.63, 3.8) is 0 Å². The largest absolute Gasteiger partial charge is 0.388 e. The minimum Gasteiger partial charge on any atom is -0.388 e. The molecule has 9 heteroatoms. The number of benzene rings is 2. The van der Waals surface area contributed by atoms with Crippen LogP contribution in [0.15, 0.2) is 47.3 Å². The lowest BCUT2D eigenvalue weighted by Crippen LogP contribution is -2.40. The molecule has 1 aliphatic rings. The van der Waals surface area contributed by atoms with Crippen LogP contribution in [0.5, 0.6) is 0 Å². The van der Waals surface area contributed by atoms with Crippen molar-refractivity contribution in [3.05, 3.63) is 86.8 Å². The molecule has 2 aromatic carbocycles. The van der Waals surface area contributed by atoms with E-state index in [0.29, 0.717) is 45.8 Å². The molecule has 5 rings (SSSR count). The van der Waals surface area contributed by atoms with Gasteiger partial charge in [-0.05, 0) is 88.6 Å². The number of nitrogens with zero attached hydrogens (tertiary/aromatic N) is 5. The van der Waals surface area contributed by atoms with E-state index in [9.17, 15) is 15.2 Å². The van der Waals surface area contributed by atoms with Crippen LogP contribution in [0.4, 0.5) is 4.39 Å². The summed E-state index contributed by atoms with van der Waals surface area (Å²) in [7, 11) is 0. The normalized spacial score (nSPS) is 18.1.